The number of carboxylic acids is 1. The average molecular weight is 362 g/mol. The lowest BCUT2D eigenvalue weighted by Gasteiger charge is -2.25. The minimum Gasteiger partial charge on any atom is -0.481 e. The van der Waals surface area contributed by atoms with Gasteiger partial charge in [0.2, 0.25) is 5.91 Å². The highest BCUT2D eigenvalue weighted by atomic mass is 79.9. The SMILES string of the molecule is O=C(O)C1CCC(C(=O)Nc2c(F)cc(F)cc2Br)CC1. The zero-order chi connectivity index (χ0) is 15.6. The van der Waals surface area contributed by atoms with Crippen molar-refractivity contribution >= 4 is 33.5 Å². The van der Waals surface area contributed by atoms with Crippen LogP contribution in [0.3, 0.4) is 0 Å². The van der Waals surface area contributed by atoms with Crippen LogP contribution in [0.2, 0.25) is 0 Å². The normalized spacial score (nSPS) is 21.9. The molecule has 0 atom stereocenters. The van der Waals surface area contributed by atoms with Crippen LogP contribution in [0.25, 0.3) is 0 Å². The summed E-state index contributed by atoms with van der Waals surface area (Å²) in [6.07, 6.45) is 1.76. The maximum absolute atomic E-state index is 13.6. The first-order valence-electron chi connectivity index (χ1n) is 6.56. The predicted molar refractivity (Wildman–Crippen MR) is 75.8 cm³/mol. The number of aliphatic carboxylic acids is 1. The molecule has 1 aromatic carbocycles. The van der Waals surface area contributed by atoms with Crippen molar-refractivity contribution in [3.63, 3.8) is 0 Å². The molecule has 2 N–H and O–H groups in total. The van der Waals surface area contributed by atoms with Gasteiger partial charge in [-0.1, -0.05) is 0 Å². The first-order valence-corrected chi connectivity index (χ1v) is 7.36. The Hall–Kier alpha value is -1.50. The fourth-order valence-electron chi connectivity index (χ4n) is 2.49. The van der Waals surface area contributed by atoms with Gasteiger partial charge in [-0.3, -0.25) is 9.59 Å². The van der Waals surface area contributed by atoms with Crippen LogP contribution >= 0.6 is 15.9 Å². The van der Waals surface area contributed by atoms with Gasteiger partial charge in [0.1, 0.15) is 5.82 Å². The lowest BCUT2D eigenvalue weighted by molar-refractivity contribution is -0.143. The fourth-order valence-corrected chi connectivity index (χ4v) is 3.00. The topological polar surface area (TPSA) is 66.4 Å². The maximum atomic E-state index is 13.6. The highest BCUT2D eigenvalue weighted by Gasteiger charge is 2.30. The van der Waals surface area contributed by atoms with E-state index < -0.39 is 23.5 Å². The molecule has 0 bridgehead atoms. The molecule has 0 saturated heterocycles. The molecule has 0 spiro atoms. The Morgan fingerprint density at radius 2 is 1.71 bits per heavy atom. The van der Waals surface area contributed by atoms with Gasteiger partial charge in [0, 0.05) is 16.5 Å². The van der Waals surface area contributed by atoms with Crippen LogP contribution < -0.4 is 5.32 Å². The van der Waals surface area contributed by atoms with Crippen molar-refractivity contribution in [3.05, 3.63) is 28.2 Å². The number of benzene rings is 1. The standard InChI is InChI=1S/C14H14BrF2NO3/c15-10-5-9(16)6-11(17)12(10)18-13(19)7-1-3-8(4-2-7)14(20)21/h5-8H,1-4H2,(H,18,19)(H,20,21). The van der Waals surface area contributed by atoms with Crippen LogP contribution in [0.4, 0.5) is 14.5 Å². The van der Waals surface area contributed by atoms with E-state index in [9.17, 15) is 18.4 Å². The van der Waals surface area contributed by atoms with Crippen molar-refractivity contribution in [1.29, 1.82) is 0 Å². The number of nitrogens with one attached hydrogen (secondary N) is 1. The Labute approximate surface area is 128 Å². The van der Waals surface area contributed by atoms with Gasteiger partial charge in [0.15, 0.2) is 5.82 Å². The molecule has 0 aliphatic heterocycles. The summed E-state index contributed by atoms with van der Waals surface area (Å²) in [6.45, 7) is 0. The van der Waals surface area contributed by atoms with E-state index in [-0.39, 0.29) is 22.0 Å². The Bertz CT molecular complexity index is 548. The van der Waals surface area contributed by atoms with E-state index in [1.165, 1.54) is 0 Å². The molecular formula is C14H14BrF2NO3. The van der Waals surface area contributed by atoms with Crippen molar-refractivity contribution in [2.24, 2.45) is 11.8 Å². The maximum Gasteiger partial charge on any atom is 0.306 e. The van der Waals surface area contributed by atoms with Gasteiger partial charge in [-0.05, 0) is 47.7 Å². The summed E-state index contributed by atoms with van der Waals surface area (Å²) in [5, 5.41) is 11.3. The molecule has 1 aliphatic carbocycles. The number of carbonyl (C=O) groups is 2. The molecule has 0 radical (unpaired) electrons. The zero-order valence-electron chi connectivity index (χ0n) is 11.0. The Morgan fingerprint density at radius 3 is 2.24 bits per heavy atom. The number of hydrogen-bond donors (Lipinski definition) is 2. The van der Waals surface area contributed by atoms with E-state index in [0.717, 1.165) is 6.07 Å². The first kappa shape index (κ1) is 15.9. The molecular weight excluding hydrogens is 348 g/mol. The second-order valence-electron chi connectivity index (χ2n) is 5.12. The third-order valence-electron chi connectivity index (χ3n) is 3.70. The number of amides is 1. The Balaban J connectivity index is 2.01. The van der Waals surface area contributed by atoms with E-state index in [2.05, 4.69) is 21.2 Å². The van der Waals surface area contributed by atoms with Crippen LogP contribution in [0.5, 0.6) is 0 Å². The number of carboxylic acid groups (broad SMARTS) is 1. The molecule has 0 aromatic heterocycles. The Morgan fingerprint density at radius 1 is 1.14 bits per heavy atom. The third-order valence-corrected chi connectivity index (χ3v) is 4.33. The summed E-state index contributed by atoms with van der Waals surface area (Å²) in [5.74, 6) is -3.57. The van der Waals surface area contributed by atoms with Gasteiger partial charge < -0.3 is 10.4 Å². The van der Waals surface area contributed by atoms with Crippen LogP contribution in [0.15, 0.2) is 16.6 Å². The monoisotopic (exact) mass is 361 g/mol. The van der Waals surface area contributed by atoms with Crippen molar-refractivity contribution in [2.45, 2.75) is 25.7 Å². The molecule has 0 unspecified atom stereocenters. The number of hydrogen-bond acceptors (Lipinski definition) is 2. The van der Waals surface area contributed by atoms with E-state index in [0.29, 0.717) is 31.7 Å². The molecule has 1 saturated carbocycles. The van der Waals surface area contributed by atoms with Gasteiger partial charge in [-0.25, -0.2) is 8.78 Å². The van der Waals surface area contributed by atoms with Gasteiger partial charge in [0.05, 0.1) is 11.6 Å². The molecule has 0 heterocycles. The quantitative estimate of drug-likeness (QED) is 0.864. The summed E-state index contributed by atoms with van der Waals surface area (Å²) in [7, 11) is 0. The van der Waals surface area contributed by atoms with Crippen molar-refractivity contribution in [3.8, 4) is 0 Å². The number of anilines is 1. The smallest absolute Gasteiger partial charge is 0.306 e. The van der Waals surface area contributed by atoms with E-state index in [1.807, 2.05) is 0 Å². The van der Waals surface area contributed by atoms with Crippen LogP contribution in [-0.4, -0.2) is 17.0 Å². The average Bonchev–Trinajstić information content (AvgIpc) is 2.42. The fraction of sp³-hybridized carbons (Fsp3) is 0.429. The molecule has 1 aliphatic rings. The summed E-state index contributed by atoms with van der Waals surface area (Å²) < 4.78 is 26.8. The molecule has 21 heavy (non-hydrogen) atoms. The van der Waals surface area contributed by atoms with Gasteiger partial charge in [0.25, 0.3) is 0 Å². The van der Waals surface area contributed by atoms with Crippen LogP contribution in [0.1, 0.15) is 25.7 Å². The van der Waals surface area contributed by atoms with Gasteiger partial charge >= 0.3 is 5.97 Å². The number of rotatable bonds is 3. The van der Waals surface area contributed by atoms with E-state index in [4.69, 9.17) is 5.11 Å². The molecule has 2 rings (SSSR count). The number of carbonyl (C=O) groups excluding carboxylic acids is 1. The highest BCUT2D eigenvalue weighted by Crippen LogP contribution is 2.32. The summed E-state index contributed by atoms with van der Waals surface area (Å²) in [5.41, 5.74) is -0.0956. The molecule has 1 amide bonds. The number of halogens is 3. The van der Waals surface area contributed by atoms with Gasteiger partial charge in [-0.15, -0.1) is 0 Å². The van der Waals surface area contributed by atoms with E-state index in [1.54, 1.807) is 0 Å². The van der Waals surface area contributed by atoms with E-state index >= 15 is 0 Å². The molecule has 114 valence electrons. The first-order chi connectivity index (χ1) is 9.88. The van der Waals surface area contributed by atoms with Crippen LogP contribution in [0, 0.1) is 23.5 Å². The highest BCUT2D eigenvalue weighted by molar-refractivity contribution is 9.10. The van der Waals surface area contributed by atoms with Crippen molar-refractivity contribution in [2.75, 3.05) is 5.32 Å². The minimum absolute atomic E-state index is 0.0956. The second-order valence-corrected chi connectivity index (χ2v) is 5.97. The molecule has 7 heteroatoms. The van der Waals surface area contributed by atoms with Crippen LogP contribution in [-0.2, 0) is 9.59 Å². The lowest BCUT2D eigenvalue weighted by atomic mass is 9.81. The van der Waals surface area contributed by atoms with Gasteiger partial charge in [-0.2, -0.15) is 0 Å². The Kier molecular flexibility index (Phi) is 4.92. The lowest BCUT2D eigenvalue weighted by Crippen LogP contribution is -2.29. The molecule has 1 aromatic rings. The zero-order valence-corrected chi connectivity index (χ0v) is 12.6. The second kappa shape index (κ2) is 6.51. The minimum atomic E-state index is -0.852. The van der Waals surface area contributed by atoms with Crippen molar-refractivity contribution in [1.82, 2.24) is 0 Å². The largest absolute Gasteiger partial charge is 0.481 e. The third kappa shape index (κ3) is 3.78. The summed E-state index contributed by atoms with van der Waals surface area (Å²) in [4.78, 5) is 22.9. The summed E-state index contributed by atoms with van der Waals surface area (Å²) in [6, 6.07) is 1.77. The molecule has 1 fully saturated rings. The molecule has 4 nitrogen and oxygen atoms in total. The predicted octanol–water partition coefficient (Wildman–Crippen LogP) is 3.56. The van der Waals surface area contributed by atoms with Crippen molar-refractivity contribution < 1.29 is 23.5 Å². The summed E-state index contributed by atoms with van der Waals surface area (Å²) >= 11 is 3.01.